The zero-order valence-electron chi connectivity index (χ0n) is 8.32. The van der Waals surface area contributed by atoms with Crippen molar-refractivity contribution in [3.05, 3.63) is 37.2 Å². The van der Waals surface area contributed by atoms with Gasteiger partial charge in [-0.1, -0.05) is 0 Å². The summed E-state index contributed by atoms with van der Waals surface area (Å²) in [5.41, 5.74) is 1.36. The van der Waals surface area contributed by atoms with Crippen molar-refractivity contribution in [2.45, 2.75) is 6.92 Å². The number of aryl methyl sites for hydroxylation is 1. The number of hydrogen-bond donors (Lipinski definition) is 0. The molecule has 2 heterocycles. The van der Waals surface area contributed by atoms with Crippen molar-refractivity contribution in [3.63, 3.8) is 0 Å². The zero-order valence-corrected chi connectivity index (χ0v) is 12.6. The fraction of sp³-hybridized carbons (Fsp3) is 0.100. The van der Waals surface area contributed by atoms with E-state index >= 15 is 0 Å². The first-order valence-corrected chi connectivity index (χ1v) is 6.61. The van der Waals surface area contributed by atoms with Gasteiger partial charge >= 0.3 is 0 Å². The number of aldehydes is 1. The summed E-state index contributed by atoms with van der Waals surface area (Å²) in [6, 6.07) is 3.56. The molecule has 0 aliphatic carbocycles. The van der Waals surface area contributed by atoms with Crippen molar-refractivity contribution in [2.24, 2.45) is 0 Å². The van der Waals surface area contributed by atoms with E-state index in [1.54, 1.807) is 12.3 Å². The van der Waals surface area contributed by atoms with Gasteiger partial charge in [0, 0.05) is 0 Å². The van der Waals surface area contributed by atoms with Crippen LogP contribution >= 0.6 is 45.2 Å². The molecule has 0 atom stereocenters. The Morgan fingerprint density at radius 3 is 2.56 bits per heavy atom. The molecule has 0 spiro atoms. The molecule has 0 fully saturated rings. The molecule has 2 aromatic rings. The molecule has 0 amide bonds. The van der Waals surface area contributed by atoms with Crippen LogP contribution in [0.2, 0.25) is 0 Å². The first-order valence-electron chi connectivity index (χ1n) is 4.45. The van der Waals surface area contributed by atoms with E-state index in [0.29, 0.717) is 5.69 Å². The number of pyridine rings is 1. The molecule has 82 valence electrons. The molecule has 0 aliphatic heterocycles. The molecule has 2 aromatic heterocycles. The number of aromatic nitrogens is 3. The lowest BCUT2D eigenvalue weighted by atomic mass is 10.3. The predicted molar refractivity (Wildman–Crippen MR) is 76.9 cm³/mol. The Morgan fingerprint density at radius 2 is 2.12 bits per heavy atom. The van der Waals surface area contributed by atoms with Gasteiger partial charge in [0.1, 0.15) is 18.9 Å². The van der Waals surface area contributed by atoms with Gasteiger partial charge in [-0.3, -0.25) is 14.3 Å². The van der Waals surface area contributed by atoms with Gasteiger partial charge < -0.3 is 0 Å². The number of nitrogens with zero attached hydrogens (tertiary/aromatic N) is 3. The van der Waals surface area contributed by atoms with Crippen molar-refractivity contribution in [3.8, 4) is 5.69 Å². The van der Waals surface area contributed by atoms with Gasteiger partial charge in [-0.25, -0.2) is 4.98 Å². The second kappa shape index (κ2) is 4.78. The Morgan fingerprint density at radius 1 is 1.38 bits per heavy atom. The highest BCUT2D eigenvalue weighted by Crippen LogP contribution is 2.20. The lowest BCUT2D eigenvalue weighted by molar-refractivity contribution is 0.111. The lowest BCUT2D eigenvalue weighted by Gasteiger charge is -2.05. The molecule has 0 unspecified atom stereocenters. The largest absolute Gasteiger partial charge is 0.296 e. The van der Waals surface area contributed by atoms with Gasteiger partial charge in [0.05, 0.1) is 11.9 Å². The van der Waals surface area contributed by atoms with E-state index in [1.807, 2.05) is 17.6 Å². The number of carbonyl (C=O) groups is 1. The van der Waals surface area contributed by atoms with E-state index in [0.717, 1.165) is 25.2 Å². The minimum absolute atomic E-state index is 0.436. The van der Waals surface area contributed by atoms with Crippen LogP contribution in [-0.4, -0.2) is 20.8 Å². The van der Waals surface area contributed by atoms with Crippen LogP contribution in [0, 0.1) is 14.3 Å². The van der Waals surface area contributed by atoms with Crippen LogP contribution < -0.4 is 0 Å². The first-order chi connectivity index (χ1) is 7.63. The van der Waals surface area contributed by atoms with Crippen LogP contribution in [0.3, 0.4) is 0 Å². The Kier molecular flexibility index (Phi) is 3.57. The minimum atomic E-state index is 0.436. The van der Waals surface area contributed by atoms with E-state index in [9.17, 15) is 4.79 Å². The molecule has 0 N–H and O–H groups in total. The summed E-state index contributed by atoms with van der Waals surface area (Å²) < 4.78 is 4.02. The zero-order chi connectivity index (χ0) is 11.7. The number of rotatable bonds is 2. The van der Waals surface area contributed by atoms with Gasteiger partial charge in [-0.15, -0.1) is 0 Å². The van der Waals surface area contributed by atoms with Crippen molar-refractivity contribution in [1.29, 1.82) is 0 Å². The number of hydrogen-bond acceptors (Lipinski definition) is 3. The van der Waals surface area contributed by atoms with Crippen molar-refractivity contribution >= 4 is 51.5 Å². The summed E-state index contributed by atoms with van der Waals surface area (Å²) in [7, 11) is 0. The summed E-state index contributed by atoms with van der Waals surface area (Å²) in [6.45, 7) is 1.94. The van der Waals surface area contributed by atoms with Crippen LogP contribution in [0.4, 0.5) is 0 Å². The molecule has 0 bridgehead atoms. The third-order valence-corrected chi connectivity index (χ3v) is 4.88. The van der Waals surface area contributed by atoms with Gasteiger partial charge in [0.25, 0.3) is 0 Å². The molecule has 0 saturated heterocycles. The SMILES string of the molecule is Cc1nc(I)c(I)n1-c1ccc(C=O)nc1. The summed E-state index contributed by atoms with van der Waals surface area (Å²) in [5.74, 6) is 0.912. The molecule has 0 radical (unpaired) electrons. The third kappa shape index (κ3) is 2.12. The fourth-order valence-corrected chi connectivity index (χ4v) is 2.71. The molecule has 0 aromatic carbocycles. The van der Waals surface area contributed by atoms with Gasteiger partial charge in [0.15, 0.2) is 6.29 Å². The summed E-state index contributed by atoms with van der Waals surface area (Å²) in [5, 5.41) is 0. The van der Waals surface area contributed by atoms with Gasteiger partial charge in [0.2, 0.25) is 0 Å². The molecule has 6 heteroatoms. The van der Waals surface area contributed by atoms with Crippen LogP contribution in [0.25, 0.3) is 5.69 Å². The van der Waals surface area contributed by atoms with Crippen molar-refractivity contribution in [2.75, 3.05) is 0 Å². The van der Waals surface area contributed by atoms with E-state index in [1.165, 1.54) is 0 Å². The van der Waals surface area contributed by atoms with E-state index in [4.69, 9.17) is 0 Å². The number of carbonyl (C=O) groups excluding carboxylic acids is 1. The Balaban J connectivity index is 2.54. The molecule has 0 aliphatic rings. The van der Waals surface area contributed by atoms with Crippen LogP contribution in [0.5, 0.6) is 0 Å². The fourth-order valence-electron chi connectivity index (χ4n) is 1.37. The summed E-state index contributed by atoms with van der Waals surface area (Å²) in [4.78, 5) is 18.9. The second-order valence-electron chi connectivity index (χ2n) is 3.14. The maximum absolute atomic E-state index is 10.5. The Bertz CT molecular complexity index is 534. The minimum Gasteiger partial charge on any atom is -0.296 e. The van der Waals surface area contributed by atoms with E-state index < -0.39 is 0 Å². The lowest BCUT2D eigenvalue weighted by Crippen LogP contribution is -2.00. The number of imidazole rings is 1. The maximum Gasteiger partial charge on any atom is 0.168 e. The average molecular weight is 439 g/mol. The highest BCUT2D eigenvalue weighted by Gasteiger charge is 2.11. The highest BCUT2D eigenvalue weighted by atomic mass is 127. The van der Waals surface area contributed by atoms with Gasteiger partial charge in [-0.05, 0) is 64.2 Å². The normalized spacial score (nSPS) is 10.4. The quantitative estimate of drug-likeness (QED) is 0.535. The molecular formula is C10H7I2N3O. The third-order valence-electron chi connectivity index (χ3n) is 2.10. The average Bonchev–Trinajstić information content (AvgIpc) is 2.54. The predicted octanol–water partition coefficient (Wildman–Crippen LogP) is 2.60. The Labute approximate surface area is 120 Å². The Hall–Kier alpha value is -0.510. The van der Waals surface area contributed by atoms with Gasteiger partial charge in [-0.2, -0.15) is 0 Å². The van der Waals surface area contributed by atoms with Crippen molar-refractivity contribution < 1.29 is 4.79 Å². The van der Waals surface area contributed by atoms with E-state index in [2.05, 4.69) is 55.1 Å². The van der Waals surface area contributed by atoms with Crippen LogP contribution in [0.15, 0.2) is 18.3 Å². The van der Waals surface area contributed by atoms with Crippen LogP contribution in [-0.2, 0) is 0 Å². The summed E-state index contributed by atoms with van der Waals surface area (Å²) >= 11 is 4.44. The smallest absolute Gasteiger partial charge is 0.168 e. The number of halogens is 2. The summed E-state index contributed by atoms with van der Waals surface area (Å²) in [6.07, 6.45) is 2.41. The van der Waals surface area contributed by atoms with Crippen molar-refractivity contribution in [1.82, 2.24) is 14.5 Å². The second-order valence-corrected chi connectivity index (χ2v) is 5.18. The van der Waals surface area contributed by atoms with E-state index in [-0.39, 0.29) is 0 Å². The molecular weight excluding hydrogens is 432 g/mol. The highest BCUT2D eigenvalue weighted by molar-refractivity contribution is 14.1. The first kappa shape index (κ1) is 12.0. The molecule has 2 rings (SSSR count). The molecule has 0 saturated carbocycles. The molecule has 16 heavy (non-hydrogen) atoms. The maximum atomic E-state index is 10.5. The topological polar surface area (TPSA) is 47.8 Å². The standard InChI is InChI=1S/C10H7I2N3O/c1-6-14-9(11)10(12)15(6)8-3-2-7(5-16)13-4-8/h2-5H,1H3. The molecule has 4 nitrogen and oxygen atoms in total. The monoisotopic (exact) mass is 439 g/mol. The van der Waals surface area contributed by atoms with Crippen LogP contribution in [0.1, 0.15) is 16.3 Å².